The van der Waals surface area contributed by atoms with Crippen LogP contribution in [-0.4, -0.2) is 67.7 Å². The third kappa shape index (κ3) is 4.86. The summed E-state index contributed by atoms with van der Waals surface area (Å²) in [6.07, 6.45) is 0.878. The first-order valence-corrected chi connectivity index (χ1v) is 10.9. The van der Waals surface area contributed by atoms with Crippen LogP contribution in [0, 0.1) is 0 Å². The lowest BCUT2D eigenvalue weighted by Crippen LogP contribution is -3.27. The molecule has 3 aromatic rings. The number of quaternary nitrogens is 2. The number of rotatable bonds is 8. The molecule has 1 fully saturated rings. The van der Waals surface area contributed by atoms with Crippen LogP contribution >= 0.6 is 0 Å². The van der Waals surface area contributed by atoms with E-state index in [0.717, 1.165) is 62.0 Å². The quantitative estimate of drug-likeness (QED) is 0.507. The molecule has 1 aliphatic heterocycles. The summed E-state index contributed by atoms with van der Waals surface area (Å²) >= 11 is 0. The molecule has 0 aliphatic carbocycles. The number of nitrogens with zero attached hydrogens (tertiary/aromatic N) is 4. The van der Waals surface area contributed by atoms with Gasteiger partial charge in [-0.3, -0.25) is 0 Å². The molecule has 0 spiro atoms. The number of ether oxygens (including phenoxy) is 2. The largest absolute Gasteiger partial charge is 0.497 e. The predicted molar refractivity (Wildman–Crippen MR) is 117 cm³/mol. The maximum absolute atomic E-state index is 5.75. The number of nitrogens with one attached hydrogen (secondary N) is 2. The van der Waals surface area contributed by atoms with E-state index in [-0.39, 0.29) is 6.04 Å². The van der Waals surface area contributed by atoms with Gasteiger partial charge in [0.25, 0.3) is 0 Å². The Kier molecular flexibility index (Phi) is 6.79. The minimum atomic E-state index is -0.0241. The van der Waals surface area contributed by atoms with Crippen molar-refractivity contribution < 1.29 is 19.3 Å². The number of hydrogen-bond donors (Lipinski definition) is 2. The summed E-state index contributed by atoms with van der Waals surface area (Å²) in [6.45, 7) is 5.05. The van der Waals surface area contributed by atoms with Gasteiger partial charge in [-0.1, -0.05) is 30.3 Å². The summed E-state index contributed by atoms with van der Waals surface area (Å²) in [4.78, 5) is 3.01. The van der Waals surface area contributed by atoms with Crippen molar-refractivity contribution in [2.24, 2.45) is 0 Å². The average Bonchev–Trinajstić information content (AvgIpc) is 3.28. The van der Waals surface area contributed by atoms with Crippen LogP contribution in [0.15, 0.2) is 48.5 Å². The zero-order valence-corrected chi connectivity index (χ0v) is 18.5. The number of methoxy groups -OCH3 is 2. The molecular weight excluding hydrogens is 392 g/mol. The van der Waals surface area contributed by atoms with Crippen LogP contribution in [-0.2, 0) is 13.0 Å². The fraction of sp³-hybridized carbons (Fsp3) is 0.435. The molecule has 1 atom stereocenters. The molecular formula is C23H32N6O2+2. The van der Waals surface area contributed by atoms with E-state index in [1.807, 2.05) is 22.9 Å². The van der Waals surface area contributed by atoms with Gasteiger partial charge in [0.05, 0.1) is 26.8 Å². The van der Waals surface area contributed by atoms with Crippen LogP contribution in [0.1, 0.15) is 23.0 Å². The first-order valence-electron chi connectivity index (χ1n) is 10.9. The fourth-order valence-electron chi connectivity index (χ4n) is 4.35. The van der Waals surface area contributed by atoms with Gasteiger partial charge in [0.2, 0.25) is 5.82 Å². The van der Waals surface area contributed by atoms with Gasteiger partial charge in [0.1, 0.15) is 37.7 Å². The molecule has 0 unspecified atom stereocenters. The van der Waals surface area contributed by atoms with E-state index in [9.17, 15) is 0 Å². The topological polar surface area (TPSA) is 70.9 Å². The van der Waals surface area contributed by atoms with E-state index in [0.29, 0.717) is 0 Å². The van der Waals surface area contributed by atoms with Crippen LogP contribution in [0.25, 0.3) is 0 Å². The summed E-state index contributed by atoms with van der Waals surface area (Å²) in [5.74, 6) is 2.52. The van der Waals surface area contributed by atoms with Gasteiger partial charge in [0.15, 0.2) is 6.04 Å². The van der Waals surface area contributed by atoms with Crippen molar-refractivity contribution in [2.75, 3.05) is 47.4 Å². The molecule has 1 aromatic heterocycles. The Morgan fingerprint density at radius 1 is 1.00 bits per heavy atom. The minimum absolute atomic E-state index is 0.0241. The van der Waals surface area contributed by atoms with Crippen molar-refractivity contribution in [3.05, 3.63) is 65.5 Å². The van der Waals surface area contributed by atoms with Crippen molar-refractivity contribution in [1.29, 1.82) is 0 Å². The van der Waals surface area contributed by atoms with E-state index in [1.54, 1.807) is 19.1 Å². The van der Waals surface area contributed by atoms with Crippen LogP contribution in [0.2, 0.25) is 0 Å². The summed E-state index contributed by atoms with van der Waals surface area (Å²) in [5.41, 5.74) is 2.34. The highest BCUT2D eigenvalue weighted by Gasteiger charge is 2.37. The van der Waals surface area contributed by atoms with Crippen molar-refractivity contribution in [3.63, 3.8) is 0 Å². The van der Waals surface area contributed by atoms with E-state index < -0.39 is 0 Å². The van der Waals surface area contributed by atoms with Gasteiger partial charge >= 0.3 is 0 Å². The van der Waals surface area contributed by atoms with Crippen LogP contribution in [0.5, 0.6) is 11.5 Å². The number of benzene rings is 2. The Hall–Kier alpha value is -2.97. The van der Waals surface area contributed by atoms with Crippen molar-refractivity contribution in [2.45, 2.75) is 19.0 Å². The summed E-state index contributed by atoms with van der Waals surface area (Å²) < 4.78 is 13.2. The molecule has 2 heterocycles. The smallest absolute Gasteiger partial charge is 0.214 e. The minimum Gasteiger partial charge on any atom is -0.497 e. The maximum Gasteiger partial charge on any atom is 0.214 e. The van der Waals surface area contributed by atoms with Gasteiger partial charge in [-0.05, 0) is 40.6 Å². The number of likely N-dealkylation sites (N-methyl/N-ethyl adjacent to an activating group) is 1. The molecule has 8 nitrogen and oxygen atoms in total. The molecule has 8 heteroatoms. The van der Waals surface area contributed by atoms with E-state index in [4.69, 9.17) is 9.47 Å². The third-order valence-electron chi connectivity index (χ3n) is 6.17. The van der Waals surface area contributed by atoms with E-state index in [1.165, 1.54) is 10.5 Å². The lowest BCUT2D eigenvalue weighted by atomic mass is 10.0. The van der Waals surface area contributed by atoms with E-state index in [2.05, 4.69) is 52.9 Å². The number of aromatic nitrogens is 4. The molecule has 2 N–H and O–H groups in total. The molecule has 2 aromatic carbocycles. The van der Waals surface area contributed by atoms with Gasteiger partial charge in [0, 0.05) is 6.54 Å². The lowest BCUT2D eigenvalue weighted by Gasteiger charge is -2.33. The molecule has 0 saturated carbocycles. The number of tetrazole rings is 1. The number of piperazine rings is 1. The van der Waals surface area contributed by atoms with Gasteiger partial charge in [-0.2, -0.15) is 0 Å². The van der Waals surface area contributed by atoms with Gasteiger partial charge in [-0.25, -0.2) is 4.68 Å². The van der Waals surface area contributed by atoms with Crippen LogP contribution in [0.4, 0.5) is 0 Å². The van der Waals surface area contributed by atoms with Gasteiger partial charge < -0.3 is 19.3 Å². The van der Waals surface area contributed by atoms with E-state index >= 15 is 0 Å². The number of hydrogen-bond acceptors (Lipinski definition) is 5. The zero-order valence-electron chi connectivity index (χ0n) is 18.5. The molecule has 0 bridgehead atoms. The normalized spacial score (nSPS) is 19.7. The molecule has 0 amide bonds. The first kappa shape index (κ1) is 21.3. The van der Waals surface area contributed by atoms with Crippen molar-refractivity contribution >= 4 is 0 Å². The highest BCUT2D eigenvalue weighted by Crippen LogP contribution is 2.31. The monoisotopic (exact) mass is 424 g/mol. The van der Waals surface area contributed by atoms with Crippen LogP contribution in [0.3, 0.4) is 0 Å². The van der Waals surface area contributed by atoms with Crippen molar-refractivity contribution in [3.8, 4) is 11.5 Å². The summed E-state index contributed by atoms with van der Waals surface area (Å²) in [7, 11) is 5.66. The second-order valence-corrected chi connectivity index (χ2v) is 8.15. The fourth-order valence-corrected chi connectivity index (χ4v) is 4.35. The standard InChI is InChI=1S/C23H30N6O2/c1-27-13-15-28(16-14-27)22(20-17-19(30-2)9-10-21(20)31-3)23-24-25-26-29(23)12-11-18-7-5-4-6-8-18/h4-10,17,22H,11-16H2,1-3H3/p+2/t22-/m0/s1. The molecule has 164 valence electrons. The van der Waals surface area contributed by atoms with Gasteiger partial charge in [-0.15, -0.1) is 5.10 Å². The SMILES string of the molecule is COc1ccc(OC)c([C@@H](c2nnnn2CCc2ccccc2)[NH+]2CC[NH+](C)CC2)c1. The molecule has 0 radical (unpaired) electrons. The molecule has 1 aliphatic rings. The Labute approximate surface area is 183 Å². The lowest BCUT2D eigenvalue weighted by molar-refractivity contribution is -1.02. The third-order valence-corrected chi connectivity index (χ3v) is 6.17. The maximum atomic E-state index is 5.75. The Morgan fingerprint density at radius 3 is 2.48 bits per heavy atom. The number of aryl methyl sites for hydroxylation is 2. The Morgan fingerprint density at radius 2 is 1.77 bits per heavy atom. The summed E-state index contributed by atoms with van der Waals surface area (Å²) in [5, 5.41) is 12.9. The second kappa shape index (κ2) is 9.89. The molecule has 31 heavy (non-hydrogen) atoms. The van der Waals surface area contributed by atoms with Crippen LogP contribution < -0.4 is 19.3 Å². The Bertz CT molecular complexity index is 969. The summed E-state index contributed by atoms with van der Waals surface area (Å²) in [6, 6.07) is 16.4. The molecule has 1 saturated heterocycles. The zero-order chi connectivity index (χ0) is 21.6. The second-order valence-electron chi connectivity index (χ2n) is 8.15. The predicted octanol–water partition coefficient (Wildman–Crippen LogP) is -0.564. The van der Waals surface area contributed by atoms with Crippen molar-refractivity contribution in [1.82, 2.24) is 20.2 Å². The first-order chi connectivity index (χ1) is 15.2. The highest BCUT2D eigenvalue weighted by atomic mass is 16.5. The average molecular weight is 425 g/mol. The molecule has 4 rings (SSSR count). The Balaban J connectivity index is 1.70. The highest BCUT2D eigenvalue weighted by molar-refractivity contribution is 5.43.